The van der Waals surface area contributed by atoms with Crippen molar-refractivity contribution in [2.75, 3.05) is 0 Å². The van der Waals surface area contributed by atoms with E-state index in [4.69, 9.17) is 15.4 Å². The zero-order chi connectivity index (χ0) is 36.9. The Balaban J connectivity index is 1.35. The molecule has 50 heavy (non-hydrogen) atoms. The van der Waals surface area contributed by atoms with Gasteiger partial charge in [0.2, 0.25) is 0 Å². The molecule has 0 N–H and O–H groups in total. The summed E-state index contributed by atoms with van der Waals surface area (Å²) in [6.45, 7) is 33.1. The smallest absolute Gasteiger partial charge is 0.192 e. The number of allylic oxidation sites excluding steroid dienone is 5. The molecule has 6 atom stereocenters. The first-order chi connectivity index (χ1) is 23.1. The Morgan fingerprint density at radius 1 is 0.920 bits per heavy atom. The standard InChI is InChI=1S/C45H70O3Si2/c1-32(21-26-41(46)45(28-29-45)36-19-15-14-16-20-36)38-24-25-39-34(18-17-27-44(38,39)9)22-23-35-30-37(47-49(10,11)42(3,4)5)31-40(33(35)2)48-50(12,13)43(6,7)8/h14-16,19-23,26,32,37-40H,2,17-18,24-25,27-31H2,1,3-13H3/t32-,37-,38-,39+,40+,44-/m1/s1. The number of rotatable bonds is 10. The van der Waals surface area contributed by atoms with E-state index in [9.17, 15) is 4.79 Å². The summed E-state index contributed by atoms with van der Waals surface area (Å²) in [4.78, 5) is 13.5. The number of carbonyl (C=O) groups is 1. The second-order valence-electron chi connectivity index (χ2n) is 19.9. The average molecular weight is 715 g/mol. The zero-order valence-corrected chi connectivity index (χ0v) is 35.9. The van der Waals surface area contributed by atoms with Crippen LogP contribution < -0.4 is 0 Å². The first-order valence-electron chi connectivity index (χ1n) is 19.8. The van der Waals surface area contributed by atoms with E-state index in [-0.39, 0.29) is 33.1 Å². The van der Waals surface area contributed by atoms with Crippen LogP contribution in [0.15, 0.2) is 77.9 Å². The average Bonchev–Trinajstić information content (AvgIpc) is 3.75. The molecule has 0 bridgehead atoms. The molecule has 5 rings (SSSR count). The third-order valence-corrected chi connectivity index (χ3v) is 23.5. The fraction of sp³-hybridized carbons (Fsp3) is 0.667. The molecule has 4 aliphatic rings. The molecule has 3 nitrogen and oxygen atoms in total. The lowest BCUT2D eigenvalue weighted by atomic mass is 9.61. The lowest BCUT2D eigenvalue weighted by molar-refractivity contribution is -0.116. The summed E-state index contributed by atoms with van der Waals surface area (Å²) in [5.74, 6) is 1.87. The fourth-order valence-corrected chi connectivity index (χ4v) is 11.7. The van der Waals surface area contributed by atoms with Crippen molar-refractivity contribution in [2.24, 2.45) is 23.2 Å². The van der Waals surface area contributed by atoms with Gasteiger partial charge in [-0.25, -0.2) is 0 Å². The Hall–Kier alpha value is -1.80. The Morgan fingerprint density at radius 2 is 1.54 bits per heavy atom. The van der Waals surface area contributed by atoms with Gasteiger partial charge < -0.3 is 8.85 Å². The maximum absolute atomic E-state index is 13.5. The summed E-state index contributed by atoms with van der Waals surface area (Å²) < 4.78 is 14.2. The minimum Gasteiger partial charge on any atom is -0.413 e. The van der Waals surface area contributed by atoms with Crippen molar-refractivity contribution in [3.8, 4) is 0 Å². The summed E-state index contributed by atoms with van der Waals surface area (Å²) in [7, 11) is -3.95. The number of carbonyl (C=O) groups excluding carboxylic acids is 1. The molecule has 1 aromatic rings. The van der Waals surface area contributed by atoms with Crippen molar-refractivity contribution in [3.63, 3.8) is 0 Å². The molecular formula is C45H70O3Si2. The van der Waals surface area contributed by atoms with Gasteiger partial charge in [0.25, 0.3) is 0 Å². The summed E-state index contributed by atoms with van der Waals surface area (Å²) in [6.07, 6.45) is 19.2. The monoisotopic (exact) mass is 714 g/mol. The van der Waals surface area contributed by atoms with E-state index < -0.39 is 16.6 Å². The molecule has 0 radical (unpaired) electrons. The molecule has 0 aliphatic heterocycles. The number of hydrogen-bond acceptors (Lipinski definition) is 3. The van der Waals surface area contributed by atoms with Crippen LogP contribution in [0.25, 0.3) is 0 Å². The number of ketones is 1. The van der Waals surface area contributed by atoms with Gasteiger partial charge in [0, 0.05) is 6.42 Å². The van der Waals surface area contributed by atoms with Crippen LogP contribution in [0.3, 0.4) is 0 Å². The molecule has 0 unspecified atom stereocenters. The summed E-state index contributed by atoms with van der Waals surface area (Å²) >= 11 is 0. The predicted molar refractivity (Wildman–Crippen MR) is 218 cm³/mol. The van der Waals surface area contributed by atoms with E-state index in [0.29, 0.717) is 23.5 Å². The van der Waals surface area contributed by atoms with Crippen LogP contribution in [0.5, 0.6) is 0 Å². The van der Waals surface area contributed by atoms with E-state index in [2.05, 4.69) is 124 Å². The van der Waals surface area contributed by atoms with Crippen LogP contribution in [0.1, 0.15) is 119 Å². The molecule has 0 heterocycles. The molecule has 4 saturated carbocycles. The normalized spacial score (nSPS) is 31.3. The molecule has 0 amide bonds. The van der Waals surface area contributed by atoms with Crippen molar-refractivity contribution in [3.05, 3.63) is 83.5 Å². The Bertz CT molecular complexity index is 1500. The highest BCUT2D eigenvalue weighted by atomic mass is 28.4. The van der Waals surface area contributed by atoms with Gasteiger partial charge in [-0.05, 0) is 134 Å². The second kappa shape index (κ2) is 14.2. The van der Waals surface area contributed by atoms with Gasteiger partial charge in [0.15, 0.2) is 22.4 Å². The van der Waals surface area contributed by atoms with Crippen molar-refractivity contribution in [2.45, 2.75) is 167 Å². The van der Waals surface area contributed by atoms with Crippen molar-refractivity contribution >= 4 is 22.4 Å². The molecule has 4 aliphatic carbocycles. The molecule has 5 heteroatoms. The van der Waals surface area contributed by atoms with Crippen molar-refractivity contribution in [1.29, 1.82) is 0 Å². The lowest BCUT2D eigenvalue weighted by Gasteiger charge is -2.45. The van der Waals surface area contributed by atoms with Gasteiger partial charge in [-0.15, -0.1) is 0 Å². The quantitative estimate of drug-likeness (QED) is 0.179. The van der Waals surface area contributed by atoms with Crippen LogP contribution in [-0.2, 0) is 19.1 Å². The maximum Gasteiger partial charge on any atom is 0.192 e. The van der Waals surface area contributed by atoms with E-state index in [0.717, 1.165) is 31.3 Å². The van der Waals surface area contributed by atoms with Crippen LogP contribution in [0.4, 0.5) is 0 Å². The third-order valence-electron chi connectivity index (χ3n) is 14.5. The van der Waals surface area contributed by atoms with E-state index in [1.165, 1.54) is 43.2 Å². The molecular weight excluding hydrogens is 645 g/mol. The minimum atomic E-state index is -2.00. The van der Waals surface area contributed by atoms with Gasteiger partial charge in [-0.3, -0.25) is 4.79 Å². The van der Waals surface area contributed by atoms with Gasteiger partial charge in [0.1, 0.15) is 0 Å². The Kier molecular flexibility index (Phi) is 11.2. The van der Waals surface area contributed by atoms with Crippen LogP contribution in [0, 0.1) is 23.2 Å². The number of fused-ring (bicyclic) bond motifs is 1. The highest BCUT2D eigenvalue weighted by molar-refractivity contribution is 6.74. The number of benzene rings is 1. The first-order valence-corrected chi connectivity index (χ1v) is 25.7. The zero-order valence-electron chi connectivity index (χ0n) is 33.9. The van der Waals surface area contributed by atoms with E-state index in [1.54, 1.807) is 5.57 Å². The Morgan fingerprint density at radius 3 is 2.14 bits per heavy atom. The molecule has 276 valence electrons. The van der Waals surface area contributed by atoms with Gasteiger partial charge in [0.05, 0.1) is 17.6 Å². The lowest BCUT2D eigenvalue weighted by Crippen LogP contribution is -2.49. The minimum absolute atomic E-state index is 0.00329. The van der Waals surface area contributed by atoms with Crippen LogP contribution in [0.2, 0.25) is 36.3 Å². The molecule has 1 aromatic carbocycles. The molecule has 4 fully saturated rings. The SMILES string of the molecule is C=C1C(=CC=C2CCC[C@]3(C)[C@@H]([C@H](C)C=CC(=O)C4(c5ccccc5)CC4)CC[C@@H]23)C[C@@H](O[Si](C)(C)C(C)(C)C)C[C@@H]1O[Si](C)(C)C(C)(C)C. The van der Waals surface area contributed by atoms with Gasteiger partial charge >= 0.3 is 0 Å². The highest BCUT2D eigenvalue weighted by Crippen LogP contribution is 2.60. The van der Waals surface area contributed by atoms with Gasteiger partial charge in [-0.1, -0.05) is 116 Å². The van der Waals surface area contributed by atoms with Gasteiger partial charge in [-0.2, -0.15) is 0 Å². The first kappa shape index (κ1) is 39.4. The molecule has 0 aromatic heterocycles. The summed E-state index contributed by atoms with van der Waals surface area (Å²) in [5.41, 5.74) is 5.27. The predicted octanol–water partition coefficient (Wildman–Crippen LogP) is 12.7. The van der Waals surface area contributed by atoms with Crippen LogP contribution >= 0.6 is 0 Å². The highest BCUT2D eigenvalue weighted by Gasteiger charge is 2.52. The molecule has 0 saturated heterocycles. The molecule has 0 spiro atoms. The van der Waals surface area contributed by atoms with Crippen LogP contribution in [-0.4, -0.2) is 34.6 Å². The topological polar surface area (TPSA) is 35.5 Å². The third kappa shape index (κ3) is 7.92. The van der Waals surface area contributed by atoms with E-state index >= 15 is 0 Å². The fourth-order valence-electron chi connectivity index (χ4n) is 9.00. The van der Waals surface area contributed by atoms with Crippen molar-refractivity contribution < 1.29 is 13.6 Å². The van der Waals surface area contributed by atoms with E-state index in [1.807, 2.05) is 12.1 Å². The number of hydrogen-bond donors (Lipinski definition) is 0. The summed E-state index contributed by atoms with van der Waals surface area (Å²) in [6, 6.07) is 10.4. The van der Waals surface area contributed by atoms with Crippen molar-refractivity contribution in [1.82, 2.24) is 0 Å². The Labute approximate surface area is 308 Å². The largest absolute Gasteiger partial charge is 0.413 e. The summed E-state index contributed by atoms with van der Waals surface area (Å²) in [5, 5.41) is 0.300. The second-order valence-corrected chi connectivity index (χ2v) is 29.4. The maximum atomic E-state index is 13.5.